The molecule has 0 fully saturated rings. The highest BCUT2D eigenvalue weighted by molar-refractivity contribution is 7.12. The van der Waals surface area contributed by atoms with Crippen molar-refractivity contribution in [2.75, 3.05) is 28.4 Å². The van der Waals surface area contributed by atoms with Crippen LogP contribution in [0.2, 0.25) is 24.4 Å². The second kappa shape index (κ2) is 18.6. The van der Waals surface area contributed by atoms with Crippen LogP contribution in [0.5, 0.6) is 0 Å². The summed E-state index contributed by atoms with van der Waals surface area (Å²) in [6.45, 7) is 4.89. The minimum absolute atomic E-state index is 0. The maximum atomic E-state index is 7.61. The molecular weight excluding hydrogens is 625 g/mol. The van der Waals surface area contributed by atoms with Gasteiger partial charge in [-0.1, -0.05) is 164 Å². The van der Waals surface area contributed by atoms with Gasteiger partial charge in [0.15, 0.2) is 0 Å². The monoisotopic (exact) mass is 682 g/mol. The first-order valence-corrected chi connectivity index (χ1v) is 23.2. The van der Waals surface area contributed by atoms with Crippen LogP contribution in [0.15, 0.2) is 121 Å². The van der Waals surface area contributed by atoms with Gasteiger partial charge in [0.25, 0.3) is 0 Å². The average Bonchev–Trinajstić information content (AvgIpc) is 3.03. The lowest BCUT2D eigenvalue weighted by atomic mass is 10.4. The molecule has 0 aromatic heterocycles. The summed E-state index contributed by atoms with van der Waals surface area (Å²) in [5, 5.41) is 4.51. The van der Waals surface area contributed by atoms with Crippen molar-refractivity contribution < 1.29 is 21.8 Å². The van der Waals surface area contributed by atoms with Crippen molar-refractivity contribution in [2.24, 2.45) is 0 Å². The van der Waals surface area contributed by atoms with E-state index in [0.717, 1.165) is 21.7 Å². The van der Waals surface area contributed by atoms with Gasteiger partial charge in [0.2, 0.25) is 8.32 Å². The Balaban J connectivity index is 0.00000484. The Morgan fingerprint density at radius 3 is 1.09 bits per heavy atom. The van der Waals surface area contributed by atoms with Crippen molar-refractivity contribution in [3.8, 4) is 0 Å². The van der Waals surface area contributed by atoms with Crippen LogP contribution in [0, 0.1) is 0 Å². The molecule has 0 atom stereocenters. The highest BCUT2D eigenvalue weighted by atomic mass is 28.5. The first-order valence-electron chi connectivity index (χ1n) is 13.9. The molecule has 4 aromatic rings. The van der Waals surface area contributed by atoms with Crippen LogP contribution in [0.3, 0.4) is 0 Å². The number of hydrogen-bond donors (Lipinski definition) is 0. The third-order valence-corrected chi connectivity index (χ3v) is 28.9. The van der Waals surface area contributed by atoms with Gasteiger partial charge in [-0.2, -0.15) is 0 Å². The molecule has 0 radical (unpaired) electrons. The van der Waals surface area contributed by atoms with Crippen LogP contribution in [0.4, 0.5) is 0 Å². The molecular formula is C36H58O5Si4. The Hall–Kier alpha value is -2.45. The minimum atomic E-state index is -3.33. The summed E-state index contributed by atoms with van der Waals surface area (Å²) < 4.78 is 32.9. The lowest BCUT2D eigenvalue weighted by Crippen LogP contribution is -2.73. The molecule has 248 valence electrons. The molecule has 0 aliphatic heterocycles. The Labute approximate surface area is 279 Å². The zero-order valence-electron chi connectivity index (χ0n) is 25.0. The second-order valence-electron chi connectivity index (χ2n) is 11.0. The topological polar surface area (TPSA) is 46.2 Å². The van der Waals surface area contributed by atoms with Gasteiger partial charge in [0.05, 0.1) is 8.07 Å². The van der Waals surface area contributed by atoms with Gasteiger partial charge in [-0.05, 0) is 26.9 Å². The van der Waals surface area contributed by atoms with Gasteiger partial charge in [-0.15, -0.1) is 0 Å². The summed E-state index contributed by atoms with van der Waals surface area (Å²) in [6, 6.07) is 42.0. The van der Waals surface area contributed by atoms with Gasteiger partial charge >= 0.3 is 17.4 Å². The van der Waals surface area contributed by atoms with Crippen molar-refractivity contribution in [1.29, 1.82) is 0 Å². The molecule has 0 amide bonds. The maximum Gasteiger partial charge on any atom is 0.526 e. The lowest BCUT2D eigenvalue weighted by Gasteiger charge is -2.44. The Kier molecular flexibility index (Phi) is 17.6. The Bertz CT molecular complexity index is 1300. The maximum absolute atomic E-state index is 7.61. The van der Waals surface area contributed by atoms with Crippen molar-refractivity contribution in [3.05, 3.63) is 121 Å². The molecule has 0 unspecified atom stereocenters. The normalized spacial score (nSPS) is 11.7. The van der Waals surface area contributed by atoms with Crippen molar-refractivity contribution in [3.63, 3.8) is 0 Å². The standard InChI is InChI=1S/C32H42O5Si4.4CH4/c1-33-40(34-2,31-23-15-9-16-24-31)28-38(5,6)27-39(29-19-11-7-12-20-29,30-21-13-8-14-22-30)37-41(35-3,36-4)32-25-17-10-18-26-32;;;;/h7-26H,27-28H2,1-6H3;4*1H4. The molecule has 0 aliphatic carbocycles. The summed E-state index contributed by atoms with van der Waals surface area (Å²) in [5.74, 6) is 0. The van der Waals surface area contributed by atoms with E-state index in [1.807, 2.05) is 24.3 Å². The van der Waals surface area contributed by atoms with Crippen LogP contribution in [-0.2, 0) is 21.8 Å². The van der Waals surface area contributed by atoms with E-state index in [2.05, 4.69) is 110 Å². The molecule has 0 bridgehead atoms. The molecule has 4 aromatic carbocycles. The van der Waals surface area contributed by atoms with Crippen molar-refractivity contribution >= 4 is 54.5 Å². The number of benzene rings is 4. The molecule has 0 heterocycles. The lowest BCUT2D eigenvalue weighted by molar-refractivity contribution is 0.177. The predicted molar refractivity (Wildman–Crippen MR) is 205 cm³/mol. The Morgan fingerprint density at radius 2 is 0.756 bits per heavy atom. The summed E-state index contributed by atoms with van der Waals surface area (Å²) in [7, 11) is -4.14. The largest absolute Gasteiger partial charge is 0.526 e. The van der Waals surface area contributed by atoms with E-state index in [1.54, 1.807) is 28.4 Å². The molecule has 0 spiro atoms. The SMILES string of the molecule is C.C.C.C.CO[Si](C[Si](C)(C)C[Si](O[Si](OC)(OC)c1ccccc1)(c1ccccc1)c1ccccc1)(OC)c1ccccc1. The van der Waals surface area contributed by atoms with E-state index in [9.17, 15) is 0 Å². The smallest absolute Gasteiger partial charge is 0.404 e. The Morgan fingerprint density at radius 1 is 0.422 bits per heavy atom. The summed E-state index contributed by atoms with van der Waals surface area (Å²) >= 11 is 0. The second-order valence-corrected chi connectivity index (χ2v) is 27.2. The fourth-order valence-electron chi connectivity index (χ4n) is 5.90. The number of rotatable bonds is 14. The van der Waals surface area contributed by atoms with Crippen LogP contribution in [0.1, 0.15) is 29.7 Å². The van der Waals surface area contributed by atoms with Crippen LogP contribution >= 0.6 is 0 Å². The van der Waals surface area contributed by atoms with Crippen LogP contribution in [-0.4, -0.2) is 62.2 Å². The first-order chi connectivity index (χ1) is 19.8. The van der Waals surface area contributed by atoms with E-state index in [4.69, 9.17) is 21.8 Å². The molecule has 0 N–H and O–H groups in total. The molecule has 0 aliphatic rings. The quantitative estimate of drug-likeness (QED) is 0.136. The molecule has 0 saturated heterocycles. The van der Waals surface area contributed by atoms with E-state index in [0.29, 0.717) is 0 Å². The molecule has 4 rings (SSSR count). The average molecular weight is 683 g/mol. The highest BCUT2D eigenvalue weighted by Crippen LogP contribution is 2.31. The zero-order chi connectivity index (χ0) is 29.4. The number of hydrogen-bond acceptors (Lipinski definition) is 5. The predicted octanol–water partition coefficient (Wildman–Crippen LogP) is 6.88. The van der Waals surface area contributed by atoms with Crippen molar-refractivity contribution in [2.45, 2.75) is 54.1 Å². The van der Waals surface area contributed by atoms with Gasteiger partial charge in [0, 0.05) is 33.6 Å². The third-order valence-electron chi connectivity index (χ3n) is 7.77. The molecule has 5 nitrogen and oxygen atoms in total. The first kappa shape index (κ1) is 42.5. The highest BCUT2D eigenvalue weighted by Gasteiger charge is 2.56. The fraction of sp³-hybridized carbons (Fsp3) is 0.333. The molecule has 45 heavy (non-hydrogen) atoms. The van der Waals surface area contributed by atoms with E-state index >= 15 is 0 Å². The summed E-state index contributed by atoms with van der Waals surface area (Å²) in [5.41, 5.74) is 1.78. The van der Waals surface area contributed by atoms with Gasteiger partial charge in [0.1, 0.15) is 0 Å². The molecule has 0 saturated carbocycles. The zero-order valence-corrected chi connectivity index (χ0v) is 29.0. The van der Waals surface area contributed by atoms with Gasteiger partial charge in [-0.25, -0.2) is 0 Å². The van der Waals surface area contributed by atoms with Gasteiger partial charge in [-0.3, -0.25) is 0 Å². The minimum Gasteiger partial charge on any atom is -0.404 e. The van der Waals surface area contributed by atoms with E-state index < -0.39 is 33.8 Å². The molecule has 9 heteroatoms. The summed E-state index contributed by atoms with van der Waals surface area (Å²) in [4.78, 5) is 0. The van der Waals surface area contributed by atoms with Crippen LogP contribution in [0.25, 0.3) is 0 Å². The van der Waals surface area contributed by atoms with E-state index in [1.165, 1.54) is 10.4 Å². The van der Waals surface area contributed by atoms with Crippen LogP contribution < -0.4 is 20.7 Å². The third kappa shape index (κ3) is 9.31. The summed E-state index contributed by atoms with van der Waals surface area (Å²) in [6.07, 6.45) is 0. The van der Waals surface area contributed by atoms with E-state index in [-0.39, 0.29) is 29.7 Å². The van der Waals surface area contributed by atoms with Gasteiger partial charge < -0.3 is 21.8 Å². The van der Waals surface area contributed by atoms with Crippen molar-refractivity contribution in [1.82, 2.24) is 0 Å². The fourth-order valence-corrected chi connectivity index (χ4v) is 30.8.